The number of carbonyl (C=O) groups is 2. The molecule has 0 fully saturated rings. The largest absolute Gasteiger partial charge is 0.478 e. The quantitative estimate of drug-likeness (QED) is 0.649. The lowest BCUT2D eigenvalue weighted by Crippen LogP contribution is -2.27. The van der Waals surface area contributed by atoms with Crippen molar-refractivity contribution in [3.63, 3.8) is 0 Å². The van der Waals surface area contributed by atoms with E-state index < -0.39 is 5.97 Å². The highest BCUT2D eigenvalue weighted by atomic mass is 79.9. The maximum Gasteiger partial charge on any atom is 0.335 e. The summed E-state index contributed by atoms with van der Waals surface area (Å²) in [5.74, 6) is -1.28. The number of aromatic carboxylic acids is 1. The van der Waals surface area contributed by atoms with E-state index in [1.165, 1.54) is 12.1 Å². The van der Waals surface area contributed by atoms with Gasteiger partial charge in [-0.3, -0.25) is 4.79 Å². The summed E-state index contributed by atoms with van der Waals surface area (Å²) >= 11 is 3.34. The number of hydrogen-bond donors (Lipinski definition) is 3. The van der Waals surface area contributed by atoms with E-state index in [1.54, 1.807) is 6.07 Å². The second-order valence-corrected chi connectivity index (χ2v) is 5.73. The van der Waals surface area contributed by atoms with Crippen molar-refractivity contribution in [2.24, 2.45) is 0 Å². The molecule has 144 valence electrons. The molecule has 0 spiro atoms. The number of rotatable bonds is 5. The van der Waals surface area contributed by atoms with Crippen molar-refractivity contribution >= 4 is 27.8 Å². The molecule has 0 aromatic heterocycles. The van der Waals surface area contributed by atoms with Crippen molar-refractivity contribution in [3.8, 4) is 0 Å². The fourth-order valence-corrected chi connectivity index (χ4v) is 2.62. The van der Waals surface area contributed by atoms with E-state index in [0.29, 0.717) is 16.7 Å². The minimum Gasteiger partial charge on any atom is -0.478 e. The van der Waals surface area contributed by atoms with Crippen LogP contribution in [0.15, 0.2) is 46.0 Å². The predicted molar refractivity (Wildman–Crippen MR) is 108 cm³/mol. The second kappa shape index (κ2) is 13.3. The van der Waals surface area contributed by atoms with E-state index in [-0.39, 0.29) is 24.6 Å². The second-order valence-electron chi connectivity index (χ2n) is 4.88. The van der Waals surface area contributed by atoms with Gasteiger partial charge in [-0.25, -0.2) is 4.79 Å². The molecule has 0 saturated carbocycles. The van der Waals surface area contributed by atoms with Crippen LogP contribution in [0, 0.1) is 0 Å². The lowest BCUT2D eigenvalue weighted by molar-refractivity contribution is -0.117. The first-order chi connectivity index (χ1) is 12.5. The summed E-state index contributed by atoms with van der Waals surface area (Å²) in [5, 5.41) is 21.0. The summed E-state index contributed by atoms with van der Waals surface area (Å²) in [6.45, 7) is 8.04. The van der Waals surface area contributed by atoms with Crippen LogP contribution >= 0.6 is 15.9 Å². The third-order valence-electron chi connectivity index (χ3n) is 3.40. The Balaban J connectivity index is 0.00000146. The van der Waals surface area contributed by atoms with Crippen molar-refractivity contribution < 1.29 is 19.8 Å². The number of halogens is 1. The van der Waals surface area contributed by atoms with Gasteiger partial charge in [0.15, 0.2) is 0 Å². The van der Waals surface area contributed by atoms with Gasteiger partial charge >= 0.3 is 5.97 Å². The molecule has 1 aliphatic carbocycles. The van der Waals surface area contributed by atoms with Crippen LogP contribution in [0.2, 0.25) is 0 Å². The summed E-state index contributed by atoms with van der Waals surface area (Å²) in [4.78, 5) is 23.2. The maximum atomic E-state index is 12.2. The Morgan fingerprint density at radius 1 is 1.12 bits per heavy atom. The number of carboxylic acids is 1. The molecule has 0 bridgehead atoms. The highest BCUT2D eigenvalue weighted by Crippen LogP contribution is 2.21. The minimum absolute atomic E-state index is 0.167. The Kier molecular flexibility index (Phi) is 12.3. The van der Waals surface area contributed by atoms with E-state index in [1.807, 2.05) is 39.8 Å². The molecule has 1 amide bonds. The Labute approximate surface area is 163 Å². The van der Waals surface area contributed by atoms with E-state index >= 15 is 0 Å². The number of nitrogens with one attached hydrogen (secondary N) is 1. The lowest BCUT2D eigenvalue weighted by atomic mass is 9.97. The number of amides is 1. The van der Waals surface area contributed by atoms with Gasteiger partial charge in [-0.05, 0) is 42.2 Å². The standard InChI is InChI=1S/C16H16BrNO4.2C2H6/c17-14-6-5-10(16(21)22)7-12(14)8-18-15(20)13-4-2-1-3-11(13)9-19;2*1-2/h3-7,19H,1-2,8-9H2,(H,18,20)(H,21,22);2*1-2H3. The molecule has 3 N–H and O–H groups in total. The van der Waals surface area contributed by atoms with E-state index in [9.17, 15) is 14.7 Å². The minimum atomic E-state index is -1.01. The lowest BCUT2D eigenvalue weighted by Gasteiger charge is -2.15. The van der Waals surface area contributed by atoms with Gasteiger partial charge in [0.05, 0.1) is 12.2 Å². The zero-order valence-electron chi connectivity index (χ0n) is 15.8. The fraction of sp³-hybridized carbons (Fsp3) is 0.400. The summed E-state index contributed by atoms with van der Waals surface area (Å²) < 4.78 is 0.730. The van der Waals surface area contributed by atoms with Crippen molar-refractivity contribution in [1.82, 2.24) is 5.32 Å². The molecular weight excluding hydrogens is 398 g/mol. The van der Waals surface area contributed by atoms with Crippen LogP contribution in [0.5, 0.6) is 0 Å². The van der Waals surface area contributed by atoms with Crippen LogP contribution < -0.4 is 5.32 Å². The van der Waals surface area contributed by atoms with E-state index in [4.69, 9.17) is 5.11 Å². The molecule has 0 heterocycles. The van der Waals surface area contributed by atoms with Crippen molar-refractivity contribution in [3.05, 3.63) is 57.1 Å². The van der Waals surface area contributed by atoms with Crippen molar-refractivity contribution in [2.45, 2.75) is 47.1 Å². The van der Waals surface area contributed by atoms with Crippen LogP contribution in [0.1, 0.15) is 56.5 Å². The van der Waals surface area contributed by atoms with Gasteiger partial charge < -0.3 is 15.5 Å². The number of hydrogen-bond acceptors (Lipinski definition) is 3. The Hall–Kier alpha value is -1.92. The smallest absolute Gasteiger partial charge is 0.335 e. The number of carboxylic acid groups (broad SMARTS) is 1. The first-order valence-corrected chi connectivity index (χ1v) is 9.62. The molecular formula is C20H28BrNO4. The number of aliphatic hydroxyl groups excluding tert-OH is 1. The average molecular weight is 426 g/mol. The number of carbonyl (C=O) groups excluding carboxylic acids is 1. The molecule has 26 heavy (non-hydrogen) atoms. The normalized spacial score (nSPS) is 12.4. The highest BCUT2D eigenvalue weighted by Gasteiger charge is 2.16. The molecule has 2 rings (SSSR count). The van der Waals surface area contributed by atoms with Gasteiger partial charge in [0.2, 0.25) is 0 Å². The monoisotopic (exact) mass is 425 g/mol. The Bertz CT molecular complexity index is 666. The van der Waals surface area contributed by atoms with Crippen molar-refractivity contribution in [1.29, 1.82) is 0 Å². The topological polar surface area (TPSA) is 86.6 Å². The van der Waals surface area contributed by atoms with Crippen LogP contribution in [-0.2, 0) is 11.3 Å². The zero-order chi connectivity index (χ0) is 20.1. The van der Waals surface area contributed by atoms with E-state index in [2.05, 4.69) is 21.2 Å². The van der Waals surface area contributed by atoms with Gasteiger partial charge in [-0.15, -0.1) is 0 Å². The molecule has 5 nitrogen and oxygen atoms in total. The van der Waals surface area contributed by atoms with Crippen LogP contribution in [0.25, 0.3) is 0 Å². The van der Waals surface area contributed by atoms with Gasteiger partial charge in [-0.2, -0.15) is 0 Å². The molecule has 0 unspecified atom stereocenters. The predicted octanol–water partition coefficient (Wildman–Crippen LogP) is 4.45. The molecule has 0 saturated heterocycles. The van der Waals surface area contributed by atoms with Gasteiger partial charge in [0, 0.05) is 16.6 Å². The van der Waals surface area contributed by atoms with Crippen LogP contribution in [0.3, 0.4) is 0 Å². The Morgan fingerprint density at radius 3 is 2.31 bits per heavy atom. The molecule has 0 atom stereocenters. The number of aliphatic hydroxyl groups is 1. The molecule has 0 radical (unpaired) electrons. The first-order valence-electron chi connectivity index (χ1n) is 8.83. The first kappa shape index (κ1) is 24.1. The number of benzene rings is 1. The summed E-state index contributed by atoms with van der Waals surface area (Å²) in [6.07, 6.45) is 5.25. The highest BCUT2D eigenvalue weighted by molar-refractivity contribution is 9.10. The third kappa shape index (κ3) is 7.14. The Morgan fingerprint density at radius 2 is 1.73 bits per heavy atom. The molecule has 0 aliphatic heterocycles. The molecule has 1 aliphatic rings. The van der Waals surface area contributed by atoms with Crippen LogP contribution in [0.4, 0.5) is 0 Å². The number of allylic oxidation sites excluding steroid dienone is 2. The van der Waals surface area contributed by atoms with Crippen molar-refractivity contribution in [2.75, 3.05) is 6.61 Å². The fourth-order valence-electron chi connectivity index (χ4n) is 2.23. The molecule has 1 aromatic rings. The molecule has 1 aromatic carbocycles. The van der Waals surface area contributed by atoms with Gasteiger partial charge in [-0.1, -0.05) is 55.8 Å². The SMILES string of the molecule is CC.CC.O=C(NCc1cc(C(=O)O)ccc1Br)C1=CCCC=C1CO. The zero-order valence-corrected chi connectivity index (χ0v) is 17.4. The van der Waals surface area contributed by atoms with Crippen LogP contribution in [-0.4, -0.2) is 28.7 Å². The molecule has 6 heteroatoms. The summed E-state index contributed by atoms with van der Waals surface area (Å²) in [6, 6.07) is 4.66. The van der Waals surface area contributed by atoms with Gasteiger partial charge in [0.1, 0.15) is 0 Å². The average Bonchev–Trinajstić information content (AvgIpc) is 2.70. The maximum absolute atomic E-state index is 12.2. The van der Waals surface area contributed by atoms with Gasteiger partial charge in [0.25, 0.3) is 5.91 Å². The summed E-state index contributed by atoms with van der Waals surface area (Å²) in [7, 11) is 0. The summed E-state index contributed by atoms with van der Waals surface area (Å²) in [5.41, 5.74) is 1.96. The van der Waals surface area contributed by atoms with E-state index in [0.717, 1.165) is 17.3 Å². The third-order valence-corrected chi connectivity index (χ3v) is 4.17.